The van der Waals surface area contributed by atoms with E-state index in [2.05, 4.69) is 15.9 Å². The third kappa shape index (κ3) is 2.97. The van der Waals surface area contributed by atoms with E-state index in [-0.39, 0.29) is 12.4 Å². The smallest absolute Gasteiger partial charge is 0.196 e. The molecule has 0 spiro atoms. The van der Waals surface area contributed by atoms with Crippen LogP contribution in [0.25, 0.3) is 6.08 Å². The molecule has 0 aliphatic carbocycles. The number of rotatable bonds is 3. The third-order valence-corrected chi connectivity index (χ3v) is 4.33. The van der Waals surface area contributed by atoms with Crippen LogP contribution < -0.4 is 14.2 Å². The highest BCUT2D eigenvalue weighted by molar-refractivity contribution is 9.10. The van der Waals surface area contributed by atoms with Gasteiger partial charge in [-0.2, -0.15) is 0 Å². The second-order valence-electron chi connectivity index (χ2n) is 5.01. The van der Waals surface area contributed by atoms with Crippen LogP contribution in [0.2, 0.25) is 0 Å². The highest BCUT2D eigenvalue weighted by atomic mass is 79.9. The highest BCUT2D eigenvalue weighted by Gasteiger charge is 2.23. The van der Waals surface area contributed by atoms with Crippen LogP contribution in [0, 0.1) is 0 Å². The largest absolute Gasteiger partial charge is 0.493 e. The Morgan fingerprint density at radius 3 is 2.57 bits per heavy atom. The Morgan fingerprint density at radius 2 is 1.83 bits per heavy atom. The normalized spacial score (nSPS) is 15.1. The number of carbonyl (C=O) groups excluding carboxylic acids is 1. The van der Waals surface area contributed by atoms with Gasteiger partial charge in [-0.1, -0.05) is 28.1 Å². The van der Waals surface area contributed by atoms with Gasteiger partial charge in [0.2, 0.25) is 0 Å². The number of hydrogen-bond acceptors (Lipinski definition) is 4. The number of benzene rings is 2. The molecule has 1 aliphatic rings. The van der Waals surface area contributed by atoms with E-state index < -0.39 is 0 Å². The van der Waals surface area contributed by atoms with Gasteiger partial charge in [0, 0.05) is 10.0 Å². The number of para-hydroxylation sites is 1. The molecule has 0 unspecified atom stereocenters. The average Bonchev–Trinajstić information content (AvgIpc) is 2.58. The van der Waals surface area contributed by atoms with Gasteiger partial charge in [0.1, 0.15) is 12.4 Å². The van der Waals surface area contributed by atoms with Crippen molar-refractivity contribution in [2.45, 2.75) is 0 Å². The molecule has 4 nitrogen and oxygen atoms in total. The minimum Gasteiger partial charge on any atom is -0.493 e. The van der Waals surface area contributed by atoms with Gasteiger partial charge in [-0.25, -0.2) is 0 Å². The van der Waals surface area contributed by atoms with Gasteiger partial charge in [0.15, 0.2) is 17.3 Å². The molecule has 3 rings (SSSR count). The summed E-state index contributed by atoms with van der Waals surface area (Å²) in [6, 6.07) is 10.9. The molecule has 2 aromatic rings. The summed E-state index contributed by atoms with van der Waals surface area (Å²) in [6.45, 7) is 0.247. The van der Waals surface area contributed by atoms with Gasteiger partial charge in [-0.3, -0.25) is 4.79 Å². The Morgan fingerprint density at radius 1 is 1.13 bits per heavy atom. The molecule has 0 saturated carbocycles. The van der Waals surface area contributed by atoms with Crippen LogP contribution in [0.3, 0.4) is 0 Å². The Kier molecular flexibility index (Phi) is 4.39. The maximum atomic E-state index is 12.6. The van der Waals surface area contributed by atoms with Crippen molar-refractivity contribution in [3.05, 3.63) is 57.6 Å². The Labute approximate surface area is 142 Å². The summed E-state index contributed by atoms with van der Waals surface area (Å²) in [5.41, 5.74) is 2.01. The van der Waals surface area contributed by atoms with Crippen molar-refractivity contribution in [2.75, 3.05) is 20.8 Å². The third-order valence-electron chi connectivity index (χ3n) is 3.64. The quantitative estimate of drug-likeness (QED) is 0.757. The van der Waals surface area contributed by atoms with E-state index in [9.17, 15) is 4.79 Å². The number of ether oxygens (including phenoxy) is 3. The van der Waals surface area contributed by atoms with Crippen LogP contribution in [-0.4, -0.2) is 26.6 Å². The van der Waals surface area contributed by atoms with Crippen LogP contribution in [0.4, 0.5) is 0 Å². The number of carbonyl (C=O) groups is 1. The van der Waals surface area contributed by atoms with Crippen molar-refractivity contribution >= 4 is 27.8 Å². The lowest BCUT2D eigenvalue weighted by Gasteiger charge is -2.19. The van der Waals surface area contributed by atoms with Crippen LogP contribution in [0.15, 0.2) is 46.4 Å². The topological polar surface area (TPSA) is 44.8 Å². The van der Waals surface area contributed by atoms with Gasteiger partial charge in [-0.05, 0) is 35.9 Å². The van der Waals surface area contributed by atoms with Crippen molar-refractivity contribution in [1.29, 1.82) is 0 Å². The zero-order valence-corrected chi connectivity index (χ0v) is 14.3. The summed E-state index contributed by atoms with van der Waals surface area (Å²) in [5, 5.41) is 0. The molecule has 2 aromatic carbocycles. The summed E-state index contributed by atoms with van der Waals surface area (Å²) in [5.74, 6) is 1.83. The summed E-state index contributed by atoms with van der Waals surface area (Å²) < 4.78 is 17.0. The van der Waals surface area contributed by atoms with E-state index in [4.69, 9.17) is 14.2 Å². The SMILES string of the molecule is COc1cc(Br)c(/C=C2\COc3ccccc3C2=O)cc1OC. The highest BCUT2D eigenvalue weighted by Crippen LogP contribution is 2.35. The standard InChI is InChI=1S/C18H15BrO4/c1-21-16-8-11(14(19)9-17(16)22-2)7-12-10-23-15-6-4-3-5-13(15)18(12)20/h3-9H,10H2,1-2H3/b12-7+. The van der Waals surface area contributed by atoms with E-state index in [1.54, 1.807) is 26.4 Å². The molecule has 5 heteroatoms. The van der Waals surface area contributed by atoms with Crippen molar-refractivity contribution in [1.82, 2.24) is 0 Å². The fourth-order valence-electron chi connectivity index (χ4n) is 2.45. The molecule has 0 bridgehead atoms. The number of ketones is 1. The Bertz CT molecular complexity index is 796. The number of Topliss-reactive ketones (excluding diaryl/α,β-unsaturated/α-hetero) is 1. The number of hydrogen-bond donors (Lipinski definition) is 0. The molecule has 1 heterocycles. The Hall–Kier alpha value is -2.27. The van der Waals surface area contributed by atoms with Crippen LogP contribution in [-0.2, 0) is 0 Å². The first-order valence-corrected chi connectivity index (χ1v) is 7.82. The molecule has 0 saturated heterocycles. The van der Waals surface area contributed by atoms with E-state index in [0.29, 0.717) is 28.4 Å². The molecule has 0 aromatic heterocycles. The van der Waals surface area contributed by atoms with Crippen molar-refractivity contribution in [3.8, 4) is 17.2 Å². The van der Waals surface area contributed by atoms with Crippen LogP contribution in [0.5, 0.6) is 17.2 Å². The van der Waals surface area contributed by atoms with Crippen LogP contribution >= 0.6 is 15.9 Å². The predicted molar refractivity (Wildman–Crippen MR) is 91.5 cm³/mol. The van der Waals surface area contributed by atoms with Gasteiger partial charge in [0.05, 0.1) is 19.8 Å². The maximum Gasteiger partial charge on any atom is 0.196 e. The van der Waals surface area contributed by atoms with E-state index in [1.807, 2.05) is 30.3 Å². The maximum absolute atomic E-state index is 12.6. The van der Waals surface area contributed by atoms with E-state index >= 15 is 0 Å². The minimum atomic E-state index is -0.0199. The molecule has 0 radical (unpaired) electrons. The predicted octanol–water partition coefficient (Wildman–Crippen LogP) is 4.13. The molecule has 0 fully saturated rings. The van der Waals surface area contributed by atoms with Crippen molar-refractivity contribution < 1.29 is 19.0 Å². The number of halogens is 1. The molecular weight excluding hydrogens is 360 g/mol. The fourth-order valence-corrected chi connectivity index (χ4v) is 2.89. The summed E-state index contributed by atoms with van der Waals surface area (Å²) >= 11 is 3.50. The van der Waals surface area contributed by atoms with Gasteiger partial charge < -0.3 is 14.2 Å². The molecule has 0 atom stereocenters. The van der Waals surface area contributed by atoms with Crippen molar-refractivity contribution in [2.24, 2.45) is 0 Å². The Balaban J connectivity index is 2.01. The molecule has 23 heavy (non-hydrogen) atoms. The monoisotopic (exact) mass is 374 g/mol. The molecule has 1 aliphatic heterocycles. The molecule has 118 valence electrons. The molecular formula is C18H15BrO4. The lowest BCUT2D eigenvalue weighted by Crippen LogP contribution is -2.18. The van der Waals surface area contributed by atoms with E-state index in [0.717, 1.165) is 10.0 Å². The zero-order chi connectivity index (χ0) is 16.4. The fraction of sp³-hybridized carbons (Fsp3) is 0.167. The van der Waals surface area contributed by atoms with Gasteiger partial charge in [0.25, 0.3) is 0 Å². The molecule has 0 amide bonds. The molecule has 0 N–H and O–H groups in total. The summed E-state index contributed by atoms with van der Waals surface area (Å²) in [7, 11) is 3.16. The average molecular weight is 375 g/mol. The van der Waals surface area contributed by atoms with Crippen LogP contribution in [0.1, 0.15) is 15.9 Å². The second-order valence-corrected chi connectivity index (χ2v) is 5.87. The van der Waals surface area contributed by atoms with Crippen molar-refractivity contribution in [3.63, 3.8) is 0 Å². The number of methoxy groups -OCH3 is 2. The summed E-state index contributed by atoms with van der Waals surface area (Å²) in [6.07, 6.45) is 1.81. The first-order valence-electron chi connectivity index (χ1n) is 7.02. The number of fused-ring (bicyclic) bond motifs is 1. The lowest BCUT2D eigenvalue weighted by atomic mass is 9.98. The lowest BCUT2D eigenvalue weighted by molar-refractivity contribution is 0.100. The first-order chi connectivity index (χ1) is 11.1. The second kappa shape index (κ2) is 6.46. The first kappa shape index (κ1) is 15.6. The minimum absolute atomic E-state index is 0.0199. The van der Waals surface area contributed by atoms with E-state index in [1.165, 1.54) is 0 Å². The van der Waals surface area contributed by atoms with Gasteiger partial charge in [-0.15, -0.1) is 0 Å². The zero-order valence-electron chi connectivity index (χ0n) is 12.8. The van der Waals surface area contributed by atoms with Gasteiger partial charge >= 0.3 is 0 Å². The summed E-state index contributed by atoms with van der Waals surface area (Å²) in [4.78, 5) is 12.6.